The van der Waals surface area contributed by atoms with E-state index in [9.17, 15) is 4.79 Å². The van der Waals surface area contributed by atoms with Gasteiger partial charge in [0.05, 0.1) is 22.1 Å². The summed E-state index contributed by atoms with van der Waals surface area (Å²) >= 11 is 12.2. The molecule has 7 heteroatoms. The summed E-state index contributed by atoms with van der Waals surface area (Å²) in [5.74, 6) is 0.651. The highest BCUT2D eigenvalue weighted by Gasteiger charge is 2.34. The van der Waals surface area contributed by atoms with E-state index in [4.69, 9.17) is 27.6 Å². The number of rotatable bonds is 8. The molecule has 0 spiro atoms. The third-order valence-corrected chi connectivity index (χ3v) is 7.03. The molecule has 0 bridgehead atoms. The average Bonchev–Trinajstić information content (AvgIpc) is 3.47. The predicted molar refractivity (Wildman–Crippen MR) is 142 cm³/mol. The number of carbonyl (C=O) groups excluding carboxylic acids is 1. The summed E-state index contributed by atoms with van der Waals surface area (Å²) in [7, 11) is 0. The Morgan fingerprint density at radius 2 is 1.77 bits per heavy atom. The van der Waals surface area contributed by atoms with Crippen molar-refractivity contribution in [2.75, 3.05) is 0 Å². The van der Waals surface area contributed by atoms with Gasteiger partial charge in [-0.05, 0) is 48.4 Å². The van der Waals surface area contributed by atoms with Crippen molar-refractivity contribution in [2.45, 2.75) is 32.0 Å². The summed E-state index contributed by atoms with van der Waals surface area (Å²) in [6, 6.07) is 23.3. The van der Waals surface area contributed by atoms with Gasteiger partial charge in [0.25, 0.3) is 0 Å². The molecule has 3 aromatic carbocycles. The molecule has 0 fully saturated rings. The first-order valence-electron chi connectivity index (χ1n) is 11.4. The SMILES string of the molecule is CC(Cc1c[nH]c2ccccc12)(NCc1cc2ccccc2o1)C(=O)NCc1ccc(Cl)c(Cl)c1. The molecule has 0 saturated carbocycles. The Balaban J connectivity index is 1.38. The van der Waals surface area contributed by atoms with Crippen molar-refractivity contribution in [3.05, 3.63) is 106 Å². The number of fused-ring (bicyclic) bond motifs is 2. The van der Waals surface area contributed by atoms with Gasteiger partial charge >= 0.3 is 0 Å². The van der Waals surface area contributed by atoms with Gasteiger partial charge < -0.3 is 14.7 Å². The molecule has 0 aliphatic heterocycles. The first kappa shape index (κ1) is 23.5. The summed E-state index contributed by atoms with van der Waals surface area (Å²) in [5.41, 5.74) is 2.90. The Labute approximate surface area is 213 Å². The van der Waals surface area contributed by atoms with Crippen LogP contribution in [0.4, 0.5) is 0 Å². The molecule has 2 heterocycles. The lowest BCUT2D eigenvalue weighted by atomic mass is 9.91. The fraction of sp³-hybridized carbons (Fsp3) is 0.179. The van der Waals surface area contributed by atoms with E-state index in [0.29, 0.717) is 29.6 Å². The number of hydrogen-bond donors (Lipinski definition) is 3. The molecule has 1 amide bonds. The highest BCUT2D eigenvalue weighted by Crippen LogP contribution is 2.25. The maximum Gasteiger partial charge on any atom is 0.240 e. The molecular weight excluding hydrogens is 481 g/mol. The van der Waals surface area contributed by atoms with Gasteiger partial charge in [-0.2, -0.15) is 0 Å². The van der Waals surface area contributed by atoms with Gasteiger partial charge in [-0.25, -0.2) is 0 Å². The van der Waals surface area contributed by atoms with Gasteiger partial charge in [-0.3, -0.25) is 10.1 Å². The Morgan fingerprint density at radius 1 is 0.971 bits per heavy atom. The maximum atomic E-state index is 13.6. The van der Waals surface area contributed by atoms with E-state index in [1.165, 1.54) is 0 Å². The second kappa shape index (κ2) is 9.78. The van der Waals surface area contributed by atoms with Gasteiger partial charge in [-0.15, -0.1) is 0 Å². The molecule has 1 atom stereocenters. The number of benzene rings is 3. The average molecular weight is 506 g/mol. The molecule has 0 saturated heterocycles. The predicted octanol–water partition coefficient (Wildman–Crippen LogP) is 6.63. The van der Waals surface area contributed by atoms with Crippen molar-refractivity contribution in [3.63, 3.8) is 0 Å². The highest BCUT2D eigenvalue weighted by atomic mass is 35.5. The second-order valence-electron chi connectivity index (χ2n) is 8.90. The fourth-order valence-corrected chi connectivity index (χ4v) is 4.64. The van der Waals surface area contributed by atoms with Crippen molar-refractivity contribution >= 4 is 51.0 Å². The Kier molecular flexibility index (Phi) is 6.56. The van der Waals surface area contributed by atoms with Crippen LogP contribution < -0.4 is 10.6 Å². The van der Waals surface area contributed by atoms with Crippen LogP contribution in [0.3, 0.4) is 0 Å². The van der Waals surface area contributed by atoms with Crippen molar-refractivity contribution < 1.29 is 9.21 Å². The summed E-state index contributed by atoms with van der Waals surface area (Å²) in [5, 5.41) is 9.61. The number of amides is 1. The molecule has 5 nitrogen and oxygen atoms in total. The lowest BCUT2D eigenvalue weighted by Gasteiger charge is -2.29. The largest absolute Gasteiger partial charge is 0.460 e. The lowest BCUT2D eigenvalue weighted by Crippen LogP contribution is -2.55. The van der Waals surface area contributed by atoms with Crippen LogP contribution in [-0.2, 0) is 24.3 Å². The van der Waals surface area contributed by atoms with Crippen molar-refractivity contribution in [2.24, 2.45) is 0 Å². The minimum Gasteiger partial charge on any atom is -0.460 e. The van der Waals surface area contributed by atoms with Crippen LogP contribution in [0.15, 0.2) is 83.4 Å². The number of para-hydroxylation sites is 2. The highest BCUT2D eigenvalue weighted by molar-refractivity contribution is 6.42. The molecule has 178 valence electrons. The van der Waals surface area contributed by atoms with Crippen molar-refractivity contribution in [1.29, 1.82) is 0 Å². The third-order valence-electron chi connectivity index (χ3n) is 6.29. The minimum atomic E-state index is -0.903. The monoisotopic (exact) mass is 505 g/mol. The first-order chi connectivity index (χ1) is 16.9. The van der Waals surface area contributed by atoms with Crippen LogP contribution >= 0.6 is 23.2 Å². The molecule has 0 radical (unpaired) electrons. The van der Waals surface area contributed by atoms with E-state index >= 15 is 0 Å². The molecule has 5 aromatic rings. The number of carbonyl (C=O) groups is 1. The molecule has 2 aromatic heterocycles. The van der Waals surface area contributed by atoms with Gasteiger partial charge in [-0.1, -0.05) is 65.7 Å². The third kappa shape index (κ3) is 5.08. The second-order valence-corrected chi connectivity index (χ2v) is 9.72. The Bertz CT molecular complexity index is 1470. The zero-order valence-corrected chi connectivity index (χ0v) is 20.7. The van der Waals surface area contributed by atoms with E-state index in [1.807, 2.05) is 67.7 Å². The van der Waals surface area contributed by atoms with Crippen molar-refractivity contribution in [3.8, 4) is 0 Å². The van der Waals surface area contributed by atoms with Crippen LogP contribution in [0.2, 0.25) is 10.0 Å². The molecule has 0 aliphatic rings. The smallest absolute Gasteiger partial charge is 0.240 e. The number of nitrogens with one attached hydrogen (secondary N) is 3. The van der Waals surface area contributed by atoms with E-state index < -0.39 is 5.54 Å². The minimum absolute atomic E-state index is 0.120. The Hall–Kier alpha value is -3.25. The van der Waals surface area contributed by atoms with E-state index in [-0.39, 0.29) is 5.91 Å². The summed E-state index contributed by atoms with van der Waals surface area (Å²) in [4.78, 5) is 16.9. The summed E-state index contributed by atoms with van der Waals surface area (Å²) in [6.45, 7) is 2.67. The molecular formula is C28H25Cl2N3O2. The van der Waals surface area contributed by atoms with Crippen LogP contribution in [0.25, 0.3) is 21.9 Å². The number of aromatic amines is 1. The van der Waals surface area contributed by atoms with Gasteiger partial charge in [0.2, 0.25) is 5.91 Å². The number of halogens is 2. The van der Waals surface area contributed by atoms with Gasteiger partial charge in [0, 0.05) is 35.5 Å². The van der Waals surface area contributed by atoms with E-state index in [2.05, 4.69) is 21.7 Å². The standard InChI is InChI=1S/C28H25Cl2N3O2/c1-28(14-20-16-31-25-8-4-3-7-22(20)25,27(34)32-15-18-10-11-23(29)24(30)12-18)33-17-21-13-19-6-2-5-9-26(19)35-21/h2-13,16,31,33H,14-15,17H2,1H3,(H,32,34). The molecule has 1 unspecified atom stereocenters. The Morgan fingerprint density at radius 3 is 2.60 bits per heavy atom. The maximum absolute atomic E-state index is 13.6. The number of furan rings is 1. The van der Waals surface area contributed by atoms with Crippen LogP contribution in [-0.4, -0.2) is 16.4 Å². The lowest BCUT2D eigenvalue weighted by molar-refractivity contribution is -0.127. The van der Waals surface area contributed by atoms with E-state index in [0.717, 1.165) is 38.8 Å². The zero-order chi connectivity index (χ0) is 24.4. The molecule has 0 aliphatic carbocycles. The van der Waals surface area contributed by atoms with Gasteiger partial charge in [0.15, 0.2) is 0 Å². The topological polar surface area (TPSA) is 70.1 Å². The van der Waals surface area contributed by atoms with Crippen LogP contribution in [0.1, 0.15) is 23.8 Å². The molecule has 3 N–H and O–H groups in total. The first-order valence-corrected chi connectivity index (χ1v) is 12.2. The van der Waals surface area contributed by atoms with Crippen LogP contribution in [0.5, 0.6) is 0 Å². The zero-order valence-electron chi connectivity index (χ0n) is 19.2. The van der Waals surface area contributed by atoms with Gasteiger partial charge in [0.1, 0.15) is 11.3 Å². The fourth-order valence-electron chi connectivity index (χ4n) is 4.32. The quantitative estimate of drug-likeness (QED) is 0.221. The summed E-state index contributed by atoms with van der Waals surface area (Å²) in [6.07, 6.45) is 2.46. The number of H-pyrrole nitrogens is 1. The number of aromatic nitrogens is 1. The van der Waals surface area contributed by atoms with Crippen molar-refractivity contribution in [1.82, 2.24) is 15.6 Å². The summed E-state index contributed by atoms with van der Waals surface area (Å²) < 4.78 is 5.97. The molecule has 35 heavy (non-hydrogen) atoms. The van der Waals surface area contributed by atoms with Crippen LogP contribution in [0, 0.1) is 0 Å². The van der Waals surface area contributed by atoms with E-state index in [1.54, 1.807) is 12.1 Å². The number of hydrogen-bond acceptors (Lipinski definition) is 3. The molecule has 5 rings (SSSR count). The normalized spacial score (nSPS) is 13.2.